The van der Waals surface area contributed by atoms with Crippen molar-refractivity contribution in [2.24, 2.45) is 7.05 Å². The maximum Gasteiger partial charge on any atom is 0.330 e. The van der Waals surface area contributed by atoms with Crippen molar-refractivity contribution in [3.8, 4) is 0 Å². The Morgan fingerprint density at radius 3 is 2.78 bits per heavy atom. The molecule has 0 saturated carbocycles. The highest BCUT2D eigenvalue weighted by Gasteiger charge is 2.17. The quantitative estimate of drug-likeness (QED) is 0.646. The van der Waals surface area contributed by atoms with Crippen LogP contribution in [0, 0.1) is 10.1 Å². The summed E-state index contributed by atoms with van der Waals surface area (Å²) >= 11 is 0. The lowest BCUT2D eigenvalue weighted by Gasteiger charge is -2.02. The van der Waals surface area contributed by atoms with Gasteiger partial charge in [0.1, 0.15) is 6.20 Å². The summed E-state index contributed by atoms with van der Waals surface area (Å²) in [7, 11) is 1.66. The van der Waals surface area contributed by atoms with Crippen molar-refractivity contribution in [1.82, 2.24) is 9.78 Å². The van der Waals surface area contributed by atoms with Crippen LogP contribution in [0.25, 0.3) is 0 Å². The number of rotatable bonds is 5. The molecular formula is C12H14N4O2. The first kappa shape index (κ1) is 12.1. The van der Waals surface area contributed by atoms with Gasteiger partial charge in [-0.2, -0.15) is 0 Å². The van der Waals surface area contributed by atoms with Gasteiger partial charge in [-0.1, -0.05) is 30.3 Å². The number of nitro groups is 1. The topological polar surface area (TPSA) is 73.0 Å². The van der Waals surface area contributed by atoms with Crippen LogP contribution < -0.4 is 5.32 Å². The van der Waals surface area contributed by atoms with E-state index >= 15 is 0 Å². The monoisotopic (exact) mass is 246 g/mol. The van der Waals surface area contributed by atoms with E-state index in [2.05, 4.69) is 10.4 Å². The Bertz CT molecular complexity index is 536. The molecule has 0 aliphatic heterocycles. The van der Waals surface area contributed by atoms with Crippen LogP contribution in [-0.4, -0.2) is 21.2 Å². The van der Waals surface area contributed by atoms with Crippen molar-refractivity contribution in [2.75, 3.05) is 11.9 Å². The van der Waals surface area contributed by atoms with Gasteiger partial charge in [0, 0.05) is 13.6 Å². The van der Waals surface area contributed by atoms with E-state index in [1.54, 1.807) is 7.05 Å². The van der Waals surface area contributed by atoms with Gasteiger partial charge in [-0.25, -0.2) is 0 Å². The van der Waals surface area contributed by atoms with E-state index in [0.29, 0.717) is 12.4 Å². The molecule has 0 bridgehead atoms. The fourth-order valence-electron chi connectivity index (χ4n) is 1.71. The van der Waals surface area contributed by atoms with Gasteiger partial charge in [0.15, 0.2) is 0 Å². The SMILES string of the molecule is Cn1cc([N+](=O)[O-])c(NCCc2ccccc2)n1. The van der Waals surface area contributed by atoms with Crippen LogP contribution in [0.2, 0.25) is 0 Å². The molecule has 1 aromatic heterocycles. The van der Waals surface area contributed by atoms with E-state index < -0.39 is 4.92 Å². The average molecular weight is 246 g/mol. The Hall–Kier alpha value is -2.37. The van der Waals surface area contributed by atoms with Crippen molar-refractivity contribution in [3.05, 3.63) is 52.2 Å². The van der Waals surface area contributed by atoms with Crippen molar-refractivity contribution in [3.63, 3.8) is 0 Å². The number of hydrogen-bond donors (Lipinski definition) is 1. The van der Waals surface area contributed by atoms with E-state index in [1.807, 2.05) is 30.3 Å². The van der Waals surface area contributed by atoms with Gasteiger partial charge in [0.05, 0.1) is 4.92 Å². The van der Waals surface area contributed by atoms with E-state index in [9.17, 15) is 10.1 Å². The second kappa shape index (κ2) is 5.31. The molecule has 0 radical (unpaired) electrons. The first-order valence-corrected chi connectivity index (χ1v) is 5.62. The number of anilines is 1. The van der Waals surface area contributed by atoms with E-state index in [4.69, 9.17) is 0 Å². The van der Waals surface area contributed by atoms with Crippen LogP contribution in [0.3, 0.4) is 0 Å². The summed E-state index contributed by atoms with van der Waals surface area (Å²) in [6.45, 7) is 0.613. The van der Waals surface area contributed by atoms with Crippen LogP contribution in [0.15, 0.2) is 36.5 Å². The Balaban J connectivity index is 1.96. The van der Waals surface area contributed by atoms with Crippen molar-refractivity contribution in [2.45, 2.75) is 6.42 Å². The standard InChI is InChI=1S/C12H14N4O2/c1-15-9-11(16(17)18)12(14-15)13-8-7-10-5-3-2-4-6-10/h2-6,9H,7-8H2,1H3,(H,13,14). The zero-order valence-electron chi connectivity index (χ0n) is 10.0. The molecular weight excluding hydrogens is 232 g/mol. The molecule has 2 aromatic rings. The van der Waals surface area contributed by atoms with Gasteiger partial charge in [-0.05, 0) is 12.0 Å². The molecule has 0 unspecified atom stereocenters. The van der Waals surface area contributed by atoms with Gasteiger partial charge in [-0.15, -0.1) is 5.10 Å². The summed E-state index contributed by atoms with van der Waals surface area (Å²) in [5.74, 6) is 0.318. The van der Waals surface area contributed by atoms with Gasteiger partial charge in [0.25, 0.3) is 0 Å². The second-order valence-electron chi connectivity index (χ2n) is 3.96. The molecule has 0 atom stereocenters. The largest absolute Gasteiger partial charge is 0.363 e. The zero-order valence-corrected chi connectivity index (χ0v) is 10.0. The first-order chi connectivity index (χ1) is 8.66. The molecule has 2 rings (SSSR count). The maximum absolute atomic E-state index is 10.8. The molecule has 1 N–H and O–H groups in total. The van der Waals surface area contributed by atoms with Crippen LogP contribution in [0.5, 0.6) is 0 Å². The highest BCUT2D eigenvalue weighted by atomic mass is 16.6. The van der Waals surface area contributed by atoms with E-state index in [1.165, 1.54) is 16.4 Å². The normalized spacial score (nSPS) is 10.3. The minimum absolute atomic E-state index is 0.00515. The summed E-state index contributed by atoms with van der Waals surface area (Å²) in [4.78, 5) is 10.3. The van der Waals surface area contributed by atoms with Crippen LogP contribution in [0.1, 0.15) is 5.56 Å². The third-order valence-electron chi connectivity index (χ3n) is 2.56. The summed E-state index contributed by atoms with van der Waals surface area (Å²) in [6, 6.07) is 9.95. The highest BCUT2D eigenvalue weighted by molar-refractivity contribution is 5.54. The maximum atomic E-state index is 10.8. The number of hydrogen-bond acceptors (Lipinski definition) is 4. The van der Waals surface area contributed by atoms with Crippen molar-refractivity contribution >= 4 is 11.5 Å². The van der Waals surface area contributed by atoms with Crippen LogP contribution in [0.4, 0.5) is 11.5 Å². The number of nitrogens with one attached hydrogen (secondary N) is 1. The minimum atomic E-state index is -0.433. The van der Waals surface area contributed by atoms with E-state index in [0.717, 1.165) is 6.42 Å². The average Bonchev–Trinajstić information content (AvgIpc) is 2.72. The third-order valence-corrected chi connectivity index (χ3v) is 2.56. The smallest absolute Gasteiger partial charge is 0.330 e. The Morgan fingerprint density at radius 1 is 1.39 bits per heavy atom. The molecule has 1 aromatic carbocycles. The van der Waals surface area contributed by atoms with Crippen LogP contribution in [-0.2, 0) is 13.5 Å². The lowest BCUT2D eigenvalue weighted by atomic mass is 10.1. The molecule has 0 spiro atoms. The molecule has 6 nitrogen and oxygen atoms in total. The molecule has 94 valence electrons. The predicted molar refractivity (Wildman–Crippen MR) is 68.5 cm³/mol. The van der Waals surface area contributed by atoms with Gasteiger partial charge < -0.3 is 5.32 Å². The molecule has 0 saturated heterocycles. The van der Waals surface area contributed by atoms with Crippen molar-refractivity contribution < 1.29 is 4.92 Å². The van der Waals surface area contributed by atoms with Crippen molar-refractivity contribution in [1.29, 1.82) is 0 Å². The van der Waals surface area contributed by atoms with E-state index in [-0.39, 0.29) is 5.69 Å². The lowest BCUT2D eigenvalue weighted by molar-refractivity contribution is -0.384. The second-order valence-corrected chi connectivity index (χ2v) is 3.96. The summed E-state index contributed by atoms with van der Waals surface area (Å²) in [5.41, 5.74) is 1.19. The molecule has 0 aliphatic rings. The predicted octanol–water partition coefficient (Wildman–Crippen LogP) is 1.98. The first-order valence-electron chi connectivity index (χ1n) is 5.62. The number of aromatic nitrogens is 2. The van der Waals surface area contributed by atoms with Gasteiger partial charge >= 0.3 is 5.69 Å². The van der Waals surface area contributed by atoms with Gasteiger partial charge in [-0.3, -0.25) is 14.8 Å². The van der Waals surface area contributed by atoms with Gasteiger partial charge in [0.2, 0.25) is 5.82 Å². The fourth-order valence-corrected chi connectivity index (χ4v) is 1.71. The summed E-state index contributed by atoms with van der Waals surface area (Å²) in [6.07, 6.45) is 2.19. The summed E-state index contributed by atoms with van der Waals surface area (Å²) < 4.78 is 1.43. The zero-order chi connectivity index (χ0) is 13.0. The molecule has 18 heavy (non-hydrogen) atoms. The Labute approximate surface area is 104 Å². The Kier molecular flexibility index (Phi) is 3.57. The molecule has 1 heterocycles. The molecule has 6 heteroatoms. The number of aryl methyl sites for hydroxylation is 1. The number of benzene rings is 1. The highest BCUT2D eigenvalue weighted by Crippen LogP contribution is 2.21. The molecule has 0 fully saturated rings. The summed E-state index contributed by atoms with van der Waals surface area (Å²) in [5, 5.41) is 17.8. The van der Waals surface area contributed by atoms with Crippen LogP contribution >= 0.6 is 0 Å². The third kappa shape index (κ3) is 2.85. The Morgan fingerprint density at radius 2 is 2.11 bits per heavy atom. The molecule has 0 aliphatic carbocycles. The minimum Gasteiger partial charge on any atom is -0.363 e. The lowest BCUT2D eigenvalue weighted by Crippen LogP contribution is -2.07. The molecule has 0 amide bonds. The fraction of sp³-hybridized carbons (Fsp3) is 0.250. The number of nitrogens with zero attached hydrogens (tertiary/aromatic N) is 3.